The predicted molar refractivity (Wildman–Crippen MR) is 123 cm³/mol. The van der Waals surface area contributed by atoms with Gasteiger partial charge in [0.2, 0.25) is 0 Å². The summed E-state index contributed by atoms with van der Waals surface area (Å²) in [5.41, 5.74) is 0.776. The van der Waals surface area contributed by atoms with Crippen LogP contribution in [0.4, 0.5) is 13.2 Å². The molecule has 0 amide bonds. The molecule has 1 aromatic heterocycles. The number of hydrogen-bond acceptors (Lipinski definition) is 7. The number of aryl methyl sites for hydroxylation is 2. The summed E-state index contributed by atoms with van der Waals surface area (Å²) >= 11 is 2.90. The molecule has 0 radical (unpaired) electrons. The van der Waals surface area contributed by atoms with Gasteiger partial charge in [-0.1, -0.05) is 12.1 Å². The molecule has 1 atom stereocenters. The largest absolute Gasteiger partial charge is 0.479 e. The van der Waals surface area contributed by atoms with Crippen LogP contribution in [0.15, 0.2) is 47.4 Å². The summed E-state index contributed by atoms with van der Waals surface area (Å²) in [6, 6.07) is 10.6. The third-order valence-electron chi connectivity index (χ3n) is 4.59. The number of aromatic nitrogens is 2. The highest BCUT2D eigenvalue weighted by Gasteiger charge is 2.30. The van der Waals surface area contributed by atoms with E-state index < -0.39 is 23.8 Å². The van der Waals surface area contributed by atoms with Crippen molar-refractivity contribution in [2.24, 2.45) is 0 Å². The van der Waals surface area contributed by atoms with Gasteiger partial charge >= 0.3 is 12.1 Å². The van der Waals surface area contributed by atoms with Gasteiger partial charge in [0.15, 0.2) is 11.9 Å². The maximum atomic E-state index is 12.7. The number of hydrogen-bond donors (Lipinski definition) is 0. The number of nitrogens with zero attached hydrogens (tertiary/aromatic N) is 2. The smallest absolute Gasteiger partial charge is 0.416 e. The molecule has 176 valence electrons. The topological polar surface area (TPSA) is 61.3 Å². The van der Waals surface area contributed by atoms with Gasteiger partial charge in [-0.3, -0.25) is 0 Å². The van der Waals surface area contributed by atoms with Crippen LogP contribution in [0.5, 0.6) is 5.75 Å². The first-order valence-electron chi connectivity index (χ1n) is 10.2. The van der Waals surface area contributed by atoms with Gasteiger partial charge < -0.3 is 9.47 Å². The number of benzene rings is 2. The average molecular weight is 497 g/mol. The van der Waals surface area contributed by atoms with E-state index >= 15 is 0 Å². The van der Waals surface area contributed by atoms with E-state index in [4.69, 9.17) is 9.47 Å². The second-order valence-electron chi connectivity index (χ2n) is 7.12. The zero-order chi connectivity index (χ0) is 24.0. The van der Waals surface area contributed by atoms with E-state index in [2.05, 4.69) is 9.36 Å². The molecule has 0 aliphatic carbocycles. The Labute approximate surface area is 198 Å². The molecular formula is C23H23F3N2O3S2. The molecule has 0 bridgehead atoms. The van der Waals surface area contributed by atoms with E-state index in [-0.39, 0.29) is 0 Å². The molecule has 1 heterocycles. The summed E-state index contributed by atoms with van der Waals surface area (Å²) in [7, 11) is 0. The standard InChI is InChI=1S/C23H23F3N2O3S2/c1-4-30-22(29)15(3)31-19-10-9-18(13-14(19)2)32-12-11-20-27-21(28-33-20)16-5-7-17(8-6-16)23(24,25)26/h5-10,13,15H,4,11-12H2,1-3H3. The SMILES string of the molecule is CCOC(=O)C(C)Oc1ccc(SCCc2nc(-c3ccc(C(F)(F)F)cc3)ns2)cc1C. The molecule has 1 unspecified atom stereocenters. The first-order valence-corrected chi connectivity index (χ1v) is 12.0. The lowest BCUT2D eigenvalue weighted by molar-refractivity contribution is -0.150. The second-order valence-corrected chi connectivity index (χ2v) is 9.13. The molecule has 3 aromatic rings. The van der Waals surface area contributed by atoms with Gasteiger partial charge in [0.25, 0.3) is 0 Å². The highest BCUT2D eigenvalue weighted by atomic mass is 32.2. The van der Waals surface area contributed by atoms with Crippen molar-refractivity contribution in [2.75, 3.05) is 12.4 Å². The molecule has 0 fully saturated rings. The van der Waals surface area contributed by atoms with Crippen LogP contribution in [0.25, 0.3) is 11.4 Å². The van der Waals surface area contributed by atoms with Crippen molar-refractivity contribution in [3.63, 3.8) is 0 Å². The lowest BCUT2D eigenvalue weighted by atomic mass is 10.1. The van der Waals surface area contributed by atoms with Crippen molar-refractivity contribution >= 4 is 29.3 Å². The van der Waals surface area contributed by atoms with Gasteiger partial charge in [-0.05, 0) is 68.2 Å². The van der Waals surface area contributed by atoms with Gasteiger partial charge in [0.05, 0.1) is 12.2 Å². The van der Waals surface area contributed by atoms with Crippen molar-refractivity contribution in [1.82, 2.24) is 9.36 Å². The number of halogens is 3. The van der Waals surface area contributed by atoms with Crippen molar-refractivity contribution in [2.45, 2.75) is 44.4 Å². The fourth-order valence-electron chi connectivity index (χ4n) is 2.88. The quantitative estimate of drug-likeness (QED) is 0.260. The van der Waals surface area contributed by atoms with Crippen LogP contribution in [0.1, 0.15) is 30.0 Å². The minimum atomic E-state index is -4.36. The Balaban J connectivity index is 1.53. The number of esters is 1. The Hall–Kier alpha value is -2.59. The molecule has 0 N–H and O–H groups in total. The van der Waals surface area contributed by atoms with E-state index in [0.717, 1.165) is 33.4 Å². The number of carbonyl (C=O) groups is 1. The number of rotatable bonds is 9. The maximum Gasteiger partial charge on any atom is 0.416 e. The number of alkyl halides is 3. The van der Waals surface area contributed by atoms with Gasteiger partial charge in [0.1, 0.15) is 10.8 Å². The minimum absolute atomic E-state index is 0.307. The Morgan fingerprint density at radius 1 is 1.18 bits per heavy atom. The van der Waals surface area contributed by atoms with Crippen LogP contribution in [0, 0.1) is 6.92 Å². The lowest BCUT2D eigenvalue weighted by Crippen LogP contribution is -2.26. The summed E-state index contributed by atoms with van der Waals surface area (Å²) in [6.45, 7) is 5.63. The van der Waals surface area contributed by atoms with E-state index in [1.807, 2.05) is 25.1 Å². The van der Waals surface area contributed by atoms with Gasteiger partial charge in [0, 0.05) is 22.6 Å². The van der Waals surface area contributed by atoms with Crippen LogP contribution < -0.4 is 4.74 Å². The normalized spacial score (nSPS) is 12.4. The first-order chi connectivity index (χ1) is 15.7. The monoisotopic (exact) mass is 496 g/mol. The lowest BCUT2D eigenvalue weighted by Gasteiger charge is -2.15. The molecule has 5 nitrogen and oxygen atoms in total. The maximum absolute atomic E-state index is 12.7. The second kappa shape index (κ2) is 11.0. The molecule has 33 heavy (non-hydrogen) atoms. The fourth-order valence-corrected chi connectivity index (χ4v) is 4.62. The molecule has 10 heteroatoms. The molecule has 3 rings (SSSR count). The Morgan fingerprint density at radius 2 is 1.91 bits per heavy atom. The zero-order valence-corrected chi connectivity index (χ0v) is 19.9. The molecule has 0 aliphatic heterocycles. The fraction of sp³-hybridized carbons (Fsp3) is 0.348. The summed E-state index contributed by atoms with van der Waals surface area (Å²) in [5.74, 6) is 1.43. The van der Waals surface area contributed by atoms with Crippen molar-refractivity contribution in [1.29, 1.82) is 0 Å². The third-order valence-corrected chi connectivity index (χ3v) is 6.36. The van der Waals surface area contributed by atoms with Gasteiger partial charge in [-0.15, -0.1) is 11.8 Å². The summed E-state index contributed by atoms with van der Waals surface area (Å²) in [5, 5.41) is 0.817. The molecule has 0 aliphatic rings. The minimum Gasteiger partial charge on any atom is -0.479 e. The number of carbonyl (C=O) groups excluding carboxylic acids is 1. The molecular weight excluding hydrogens is 473 g/mol. The van der Waals surface area contributed by atoms with E-state index in [0.29, 0.717) is 30.2 Å². The summed E-state index contributed by atoms with van der Waals surface area (Å²) < 4.78 is 53.1. The Morgan fingerprint density at radius 3 is 2.55 bits per heavy atom. The number of thioether (sulfide) groups is 1. The highest BCUT2D eigenvalue weighted by Crippen LogP contribution is 2.31. The molecule has 0 saturated heterocycles. The van der Waals surface area contributed by atoms with Crippen LogP contribution in [0.2, 0.25) is 0 Å². The Kier molecular flexibility index (Phi) is 8.36. The summed E-state index contributed by atoms with van der Waals surface area (Å²) in [6.07, 6.45) is -4.36. The first kappa shape index (κ1) is 25.0. The van der Waals surface area contributed by atoms with Crippen LogP contribution >= 0.6 is 23.3 Å². The molecule has 0 spiro atoms. The van der Waals surface area contributed by atoms with Crippen LogP contribution in [-0.4, -0.2) is 33.8 Å². The average Bonchev–Trinajstić information content (AvgIpc) is 3.24. The van der Waals surface area contributed by atoms with Crippen molar-refractivity contribution in [3.8, 4) is 17.1 Å². The molecule has 2 aromatic carbocycles. The number of ether oxygens (including phenoxy) is 2. The predicted octanol–water partition coefficient (Wildman–Crippen LogP) is 6.20. The van der Waals surface area contributed by atoms with E-state index in [9.17, 15) is 18.0 Å². The van der Waals surface area contributed by atoms with Gasteiger partial charge in [-0.25, -0.2) is 9.78 Å². The molecule has 0 saturated carbocycles. The van der Waals surface area contributed by atoms with Crippen molar-refractivity contribution < 1.29 is 27.4 Å². The van der Waals surface area contributed by atoms with Crippen molar-refractivity contribution in [3.05, 3.63) is 58.6 Å². The van der Waals surface area contributed by atoms with E-state index in [1.165, 1.54) is 23.7 Å². The third kappa shape index (κ3) is 6.94. The Bertz CT molecular complexity index is 1090. The summed E-state index contributed by atoms with van der Waals surface area (Å²) in [4.78, 5) is 17.2. The van der Waals surface area contributed by atoms with Crippen LogP contribution in [-0.2, 0) is 22.1 Å². The van der Waals surface area contributed by atoms with E-state index in [1.54, 1.807) is 25.6 Å². The zero-order valence-electron chi connectivity index (χ0n) is 18.3. The van der Waals surface area contributed by atoms with Gasteiger partial charge in [-0.2, -0.15) is 17.5 Å². The highest BCUT2D eigenvalue weighted by molar-refractivity contribution is 7.99. The van der Waals surface area contributed by atoms with Crippen LogP contribution in [0.3, 0.4) is 0 Å².